The first-order chi connectivity index (χ1) is 30.6. The van der Waals surface area contributed by atoms with Crippen LogP contribution in [0.1, 0.15) is 87.7 Å². The number of rotatable bonds is 20. The summed E-state index contributed by atoms with van der Waals surface area (Å²) in [5.74, 6) is -4.50. The molecule has 0 unspecified atom stereocenters. The fourth-order valence-electron chi connectivity index (χ4n) is 6.13. The molecule has 2 aromatic carbocycles. The number of aliphatic hydroxyl groups excluding tert-OH is 4. The number of carbonyl (C=O) groups excluding carboxylic acids is 2. The number of benzene rings is 2. The minimum atomic E-state index is -3.67. The number of sulfonamides is 2. The second-order valence-corrected chi connectivity index (χ2v) is 19.9. The summed E-state index contributed by atoms with van der Waals surface area (Å²) in [6.07, 6.45) is 0.969. The zero-order valence-corrected chi connectivity index (χ0v) is 42.1. The number of nitrogens with zero attached hydrogens (tertiary/aromatic N) is 6. The van der Waals surface area contributed by atoms with Gasteiger partial charge < -0.3 is 40.2 Å². The van der Waals surface area contributed by atoms with Gasteiger partial charge in [0.05, 0.1) is 59.7 Å². The Morgan fingerprint density at radius 1 is 0.642 bits per heavy atom. The van der Waals surface area contributed by atoms with Gasteiger partial charge in [0.1, 0.15) is 11.6 Å². The third-order valence-corrected chi connectivity index (χ3v) is 11.9. The minimum absolute atomic E-state index is 0. The van der Waals surface area contributed by atoms with Crippen LogP contribution in [-0.4, -0.2) is 158 Å². The third kappa shape index (κ3) is 18.1. The molecule has 2 aromatic heterocycles. The largest absolute Gasteiger partial charge is 2.00 e. The minimum Gasteiger partial charge on any atom is -0.550 e. The van der Waals surface area contributed by atoms with E-state index >= 15 is 0 Å². The van der Waals surface area contributed by atoms with Crippen LogP contribution >= 0.6 is 0 Å². The van der Waals surface area contributed by atoms with Crippen LogP contribution in [0.4, 0.5) is 20.7 Å². The van der Waals surface area contributed by atoms with Crippen LogP contribution in [0.3, 0.4) is 0 Å². The first-order valence-corrected chi connectivity index (χ1v) is 24.0. The van der Waals surface area contributed by atoms with Crippen LogP contribution in [0.15, 0.2) is 60.7 Å². The maximum atomic E-state index is 14.0. The Balaban J connectivity index is 0.000000453. The summed E-state index contributed by atoms with van der Waals surface area (Å²) in [5, 5.41) is 61.1. The topological polar surface area (TPSA) is 287 Å². The molecule has 2 heterocycles. The standard InChI is InChI=1S/2C22H28FN3O6S.Ca/c2*1-13(2)20-18(9-8-16(27)11-17(28)12-19(29)30)21(14-6-5-7-15(23)10-14)25-22(24-20)26(3)33(4,31)32;/h2*5-10,13,16-17,27-28H,11-12H2,1-4H3,(H,29,30);/q;;+2/p-2/b2*9-8+;/t2*16-,17-;/m11./s1. The Kier molecular flexibility index (Phi) is 22.5. The molecule has 0 radical (unpaired) electrons. The third-order valence-electron chi connectivity index (χ3n) is 9.58. The molecule has 23 heteroatoms. The summed E-state index contributed by atoms with van der Waals surface area (Å²) in [5.41, 5.74) is 2.99. The summed E-state index contributed by atoms with van der Waals surface area (Å²) < 4.78 is 78.0. The second kappa shape index (κ2) is 25.7. The summed E-state index contributed by atoms with van der Waals surface area (Å²) in [6.45, 7) is 7.33. The Bertz CT molecular complexity index is 2460. The second-order valence-electron chi connectivity index (χ2n) is 15.9. The summed E-state index contributed by atoms with van der Waals surface area (Å²) in [4.78, 5) is 38.8. The van der Waals surface area contributed by atoms with Gasteiger partial charge in [-0.05, 0) is 36.1 Å². The number of halogens is 2. The first-order valence-electron chi connectivity index (χ1n) is 20.3. The van der Waals surface area contributed by atoms with E-state index in [9.17, 15) is 65.8 Å². The maximum Gasteiger partial charge on any atom is 2.00 e. The average molecular weight is 1000 g/mol. The molecular formula is C44H54CaF2N6O12S2. The van der Waals surface area contributed by atoms with Crippen LogP contribution in [0.2, 0.25) is 0 Å². The van der Waals surface area contributed by atoms with Gasteiger partial charge in [0.25, 0.3) is 0 Å². The zero-order chi connectivity index (χ0) is 49.8. The van der Waals surface area contributed by atoms with Gasteiger partial charge in [0, 0.05) is 74.0 Å². The number of anilines is 2. The predicted molar refractivity (Wildman–Crippen MR) is 246 cm³/mol. The van der Waals surface area contributed by atoms with E-state index in [0.717, 1.165) is 21.1 Å². The SMILES string of the molecule is CC(C)c1nc(N(C)S(C)(=O)=O)nc(-c2cccc(F)c2)c1/C=C/[C@@H](O)C[C@@H](O)CC(=O)[O-].CC(C)c1nc(N(C)S(C)(=O)=O)nc(-c2cccc(F)c2)c1/C=C/[C@@H](O)C[C@@H](O)CC(=O)[O-].[Ca+2]. The van der Waals surface area contributed by atoms with Gasteiger partial charge in [-0.2, -0.15) is 0 Å². The van der Waals surface area contributed by atoms with Gasteiger partial charge in [-0.25, -0.2) is 54.2 Å². The number of carboxylic acids is 2. The van der Waals surface area contributed by atoms with Crippen LogP contribution < -0.4 is 18.8 Å². The molecule has 4 rings (SSSR count). The van der Waals surface area contributed by atoms with Gasteiger partial charge in [-0.3, -0.25) is 0 Å². The van der Waals surface area contributed by atoms with E-state index in [1.807, 2.05) is 27.7 Å². The van der Waals surface area contributed by atoms with Crippen molar-refractivity contribution in [3.05, 3.63) is 94.8 Å². The monoisotopic (exact) mass is 1000 g/mol. The molecule has 0 aliphatic carbocycles. The van der Waals surface area contributed by atoms with E-state index < -0.39 is 80.9 Å². The summed E-state index contributed by atoms with van der Waals surface area (Å²) in [7, 11) is -4.73. The number of carboxylic acid groups (broad SMARTS) is 2. The maximum absolute atomic E-state index is 14.0. The van der Waals surface area contributed by atoms with E-state index in [0.29, 0.717) is 33.6 Å². The fraction of sp³-hybridized carbons (Fsp3) is 0.409. The smallest absolute Gasteiger partial charge is 0.550 e. The Morgan fingerprint density at radius 3 is 1.24 bits per heavy atom. The predicted octanol–water partition coefficient (Wildman–Crippen LogP) is 1.75. The summed E-state index contributed by atoms with van der Waals surface area (Å²) >= 11 is 0. The molecule has 0 saturated carbocycles. The van der Waals surface area contributed by atoms with E-state index in [2.05, 4.69) is 19.9 Å². The van der Waals surface area contributed by atoms with E-state index in [-0.39, 0.29) is 85.7 Å². The van der Waals surface area contributed by atoms with Gasteiger partial charge >= 0.3 is 37.7 Å². The van der Waals surface area contributed by atoms with Crippen molar-refractivity contribution < 1.29 is 65.8 Å². The molecule has 4 N–H and O–H groups in total. The molecule has 0 saturated heterocycles. The van der Waals surface area contributed by atoms with Crippen molar-refractivity contribution in [2.75, 3.05) is 35.2 Å². The van der Waals surface area contributed by atoms with Crippen LogP contribution in [0.25, 0.3) is 34.7 Å². The molecule has 0 fully saturated rings. The van der Waals surface area contributed by atoms with Gasteiger partial charge in [0.15, 0.2) is 0 Å². The number of aliphatic hydroxyl groups is 4. The molecule has 0 aliphatic rings. The number of aromatic nitrogens is 4. The molecule has 4 aromatic rings. The molecule has 0 bridgehead atoms. The van der Waals surface area contributed by atoms with Crippen molar-refractivity contribution in [3.63, 3.8) is 0 Å². The molecule has 0 amide bonds. The molecule has 18 nitrogen and oxygen atoms in total. The number of aliphatic carboxylic acids is 2. The number of hydrogen-bond acceptors (Lipinski definition) is 16. The van der Waals surface area contributed by atoms with Gasteiger partial charge in [0.2, 0.25) is 31.9 Å². The number of carbonyl (C=O) groups is 2. The van der Waals surface area contributed by atoms with Crippen molar-refractivity contribution in [3.8, 4) is 22.5 Å². The van der Waals surface area contributed by atoms with Crippen LogP contribution in [0, 0.1) is 11.6 Å². The van der Waals surface area contributed by atoms with Crippen LogP contribution in [-0.2, 0) is 29.6 Å². The Labute approximate surface area is 418 Å². The van der Waals surface area contributed by atoms with Crippen molar-refractivity contribution >= 4 is 93.8 Å². The molecule has 0 aliphatic heterocycles. The average Bonchev–Trinajstić information content (AvgIpc) is 3.19. The van der Waals surface area contributed by atoms with Crippen molar-refractivity contribution in [1.29, 1.82) is 0 Å². The van der Waals surface area contributed by atoms with Crippen LogP contribution in [0.5, 0.6) is 0 Å². The normalized spacial score (nSPS) is 13.7. The van der Waals surface area contributed by atoms with E-state index in [1.54, 1.807) is 12.1 Å². The fourth-order valence-corrected chi connectivity index (χ4v) is 6.89. The summed E-state index contributed by atoms with van der Waals surface area (Å²) in [6, 6.07) is 11.2. The van der Waals surface area contributed by atoms with Gasteiger partial charge in [-0.15, -0.1) is 0 Å². The molecule has 0 spiro atoms. The molecule has 4 atom stereocenters. The first kappa shape index (κ1) is 58.6. The Morgan fingerprint density at radius 2 is 0.970 bits per heavy atom. The van der Waals surface area contributed by atoms with Crippen molar-refractivity contribution in [2.24, 2.45) is 0 Å². The quantitative estimate of drug-likeness (QED) is 0.0918. The van der Waals surface area contributed by atoms with Crippen molar-refractivity contribution in [2.45, 2.75) is 89.6 Å². The molecule has 67 heavy (non-hydrogen) atoms. The van der Waals surface area contributed by atoms with E-state index in [1.165, 1.54) is 74.8 Å². The van der Waals surface area contributed by atoms with E-state index in [4.69, 9.17) is 0 Å². The molecular weight excluding hydrogens is 947 g/mol. The van der Waals surface area contributed by atoms with Gasteiger partial charge in [-0.1, -0.05) is 76.3 Å². The molecule has 360 valence electrons. The van der Waals surface area contributed by atoms with Crippen molar-refractivity contribution in [1.82, 2.24) is 19.9 Å². The Hall–Kier alpha value is -4.52. The number of hydrogen-bond donors (Lipinski definition) is 4. The zero-order valence-electron chi connectivity index (χ0n) is 38.2.